The van der Waals surface area contributed by atoms with Gasteiger partial charge in [-0.1, -0.05) is 42.5 Å². The van der Waals surface area contributed by atoms with Crippen molar-refractivity contribution in [3.63, 3.8) is 0 Å². The molecule has 1 fully saturated rings. The van der Waals surface area contributed by atoms with Crippen LogP contribution in [0.3, 0.4) is 0 Å². The highest BCUT2D eigenvalue weighted by molar-refractivity contribution is 5.96. The lowest BCUT2D eigenvalue weighted by Crippen LogP contribution is -2.10. The molecule has 6 heteroatoms. The van der Waals surface area contributed by atoms with Crippen LogP contribution in [0.25, 0.3) is 11.3 Å². The molecule has 2 aromatic carbocycles. The van der Waals surface area contributed by atoms with Crippen LogP contribution in [0.4, 0.5) is 17.5 Å². The zero-order valence-corrected chi connectivity index (χ0v) is 15.7. The zero-order valence-electron chi connectivity index (χ0n) is 15.7. The Kier molecular flexibility index (Phi) is 5.19. The van der Waals surface area contributed by atoms with Gasteiger partial charge >= 0.3 is 5.97 Å². The molecule has 142 valence electrons. The maximum absolute atomic E-state index is 12.3. The minimum Gasteiger partial charge on any atom is -0.462 e. The summed E-state index contributed by atoms with van der Waals surface area (Å²) in [6, 6.07) is 19.5. The fourth-order valence-electron chi connectivity index (χ4n) is 2.86. The van der Waals surface area contributed by atoms with Crippen LogP contribution in [0, 0.1) is 0 Å². The SMILES string of the molecule is CCOC(=O)c1ccccc1Nc1cc(-c2ccccc2)nc(NC2CC2)n1. The van der Waals surface area contributed by atoms with Gasteiger partial charge < -0.3 is 15.4 Å². The first kappa shape index (κ1) is 18.0. The van der Waals surface area contributed by atoms with Crippen LogP contribution in [-0.4, -0.2) is 28.6 Å². The summed E-state index contributed by atoms with van der Waals surface area (Å²) in [5.74, 6) is 0.841. The molecule has 0 spiro atoms. The van der Waals surface area contributed by atoms with E-state index in [1.165, 1.54) is 0 Å². The van der Waals surface area contributed by atoms with Crippen LogP contribution in [0.5, 0.6) is 0 Å². The first-order valence-corrected chi connectivity index (χ1v) is 9.47. The fourth-order valence-corrected chi connectivity index (χ4v) is 2.86. The zero-order chi connectivity index (χ0) is 19.3. The summed E-state index contributed by atoms with van der Waals surface area (Å²) in [5.41, 5.74) is 2.94. The smallest absolute Gasteiger partial charge is 0.340 e. The van der Waals surface area contributed by atoms with Gasteiger partial charge in [-0.25, -0.2) is 9.78 Å². The molecule has 4 rings (SSSR count). The van der Waals surface area contributed by atoms with Crippen LogP contribution in [0.1, 0.15) is 30.1 Å². The van der Waals surface area contributed by atoms with Gasteiger partial charge in [0.15, 0.2) is 0 Å². The molecule has 0 amide bonds. The van der Waals surface area contributed by atoms with Crippen molar-refractivity contribution in [2.75, 3.05) is 17.2 Å². The number of anilines is 3. The molecule has 0 bridgehead atoms. The molecule has 28 heavy (non-hydrogen) atoms. The predicted octanol–water partition coefficient (Wildman–Crippen LogP) is 4.64. The van der Waals surface area contributed by atoms with Crippen molar-refractivity contribution in [3.8, 4) is 11.3 Å². The van der Waals surface area contributed by atoms with Gasteiger partial charge in [-0.2, -0.15) is 4.98 Å². The Balaban J connectivity index is 1.68. The van der Waals surface area contributed by atoms with Gasteiger partial charge in [-0.3, -0.25) is 0 Å². The number of carbonyl (C=O) groups is 1. The van der Waals surface area contributed by atoms with Crippen LogP contribution >= 0.6 is 0 Å². The number of ether oxygens (including phenoxy) is 1. The second kappa shape index (κ2) is 8.08. The van der Waals surface area contributed by atoms with Gasteiger partial charge in [-0.05, 0) is 31.9 Å². The van der Waals surface area contributed by atoms with E-state index in [4.69, 9.17) is 4.74 Å². The molecule has 1 aliphatic rings. The van der Waals surface area contributed by atoms with Crippen molar-refractivity contribution in [3.05, 3.63) is 66.2 Å². The summed E-state index contributed by atoms with van der Waals surface area (Å²) in [4.78, 5) is 21.5. The van der Waals surface area contributed by atoms with Crippen LogP contribution < -0.4 is 10.6 Å². The average molecular weight is 374 g/mol. The largest absolute Gasteiger partial charge is 0.462 e. The Morgan fingerprint density at radius 1 is 1.07 bits per heavy atom. The first-order valence-electron chi connectivity index (χ1n) is 9.47. The number of nitrogens with one attached hydrogen (secondary N) is 2. The summed E-state index contributed by atoms with van der Waals surface area (Å²) in [6.45, 7) is 2.12. The second-order valence-corrected chi connectivity index (χ2v) is 6.64. The summed E-state index contributed by atoms with van der Waals surface area (Å²) >= 11 is 0. The summed E-state index contributed by atoms with van der Waals surface area (Å²) in [6.07, 6.45) is 2.26. The molecule has 1 aliphatic carbocycles. The Morgan fingerprint density at radius 2 is 1.82 bits per heavy atom. The lowest BCUT2D eigenvalue weighted by Gasteiger charge is -2.13. The van der Waals surface area contributed by atoms with E-state index in [0.717, 1.165) is 24.1 Å². The fraction of sp³-hybridized carbons (Fsp3) is 0.227. The van der Waals surface area contributed by atoms with Crippen molar-refractivity contribution in [1.82, 2.24) is 9.97 Å². The lowest BCUT2D eigenvalue weighted by molar-refractivity contribution is 0.0527. The van der Waals surface area contributed by atoms with Crippen LogP contribution in [0.2, 0.25) is 0 Å². The molecule has 1 aromatic heterocycles. The average Bonchev–Trinajstić information content (AvgIpc) is 3.53. The van der Waals surface area contributed by atoms with Crippen molar-refractivity contribution < 1.29 is 9.53 Å². The highest BCUT2D eigenvalue weighted by Crippen LogP contribution is 2.28. The Morgan fingerprint density at radius 3 is 2.57 bits per heavy atom. The number of carbonyl (C=O) groups excluding carboxylic acids is 1. The van der Waals surface area contributed by atoms with Gasteiger partial charge in [0.25, 0.3) is 0 Å². The quantitative estimate of drug-likeness (QED) is 0.587. The van der Waals surface area contributed by atoms with E-state index < -0.39 is 0 Å². The summed E-state index contributed by atoms with van der Waals surface area (Å²) in [5, 5.41) is 6.62. The van der Waals surface area contributed by atoms with Crippen molar-refractivity contribution in [2.45, 2.75) is 25.8 Å². The van der Waals surface area contributed by atoms with Gasteiger partial charge in [0.2, 0.25) is 5.95 Å². The molecule has 3 aromatic rings. The highest BCUT2D eigenvalue weighted by atomic mass is 16.5. The van der Waals surface area contributed by atoms with Crippen molar-refractivity contribution >= 4 is 23.4 Å². The van der Waals surface area contributed by atoms with Crippen molar-refractivity contribution in [2.24, 2.45) is 0 Å². The molecule has 0 radical (unpaired) electrons. The molecule has 0 saturated heterocycles. The van der Waals surface area contributed by atoms with E-state index in [-0.39, 0.29) is 5.97 Å². The maximum Gasteiger partial charge on any atom is 0.340 e. The number of para-hydroxylation sites is 1. The van der Waals surface area contributed by atoms with E-state index in [0.29, 0.717) is 35.7 Å². The summed E-state index contributed by atoms with van der Waals surface area (Å²) < 4.78 is 5.16. The normalized spacial score (nSPS) is 13.0. The number of hydrogen-bond acceptors (Lipinski definition) is 6. The number of nitrogens with zero attached hydrogens (tertiary/aromatic N) is 2. The first-order chi connectivity index (χ1) is 13.7. The minimum absolute atomic E-state index is 0.328. The maximum atomic E-state index is 12.3. The van der Waals surface area contributed by atoms with Crippen LogP contribution in [-0.2, 0) is 4.74 Å². The number of aromatic nitrogens is 2. The number of rotatable bonds is 7. The Bertz CT molecular complexity index is 971. The molecule has 2 N–H and O–H groups in total. The predicted molar refractivity (Wildman–Crippen MR) is 110 cm³/mol. The highest BCUT2D eigenvalue weighted by Gasteiger charge is 2.22. The van der Waals surface area contributed by atoms with E-state index in [2.05, 4.69) is 20.6 Å². The Hall–Kier alpha value is -3.41. The van der Waals surface area contributed by atoms with Gasteiger partial charge in [0, 0.05) is 17.7 Å². The lowest BCUT2D eigenvalue weighted by atomic mass is 10.1. The monoisotopic (exact) mass is 374 g/mol. The molecule has 0 unspecified atom stereocenters. The topological polar surface area (TPSA) is 76.1 Å². The van der Waals surface area contributed by atoms with E-state index in [9.17, 15) is 4.79 Å². The molecule has 0 aliphatic heterocycles. The molecule has 0 atom stereocenters. The van der Waals surface area contributed by atoms with Gasteiger partial charge in [0.1, 0.15) is 5.82 Å². The van der Waals surface area contributed by atoms with Crippen LogP contribution in [0.15, 0.2) is 60.7 Å². The minimum atomic E-state index is -0.362. The third-order valence-electron chi connectivity index (χ3n) is 4.39. The number of benzene rings is 2. The number of esters is 1. The standard InChI is InChI=1S/C22H22N4O2/c1-2-28-21(27)17-10-6-7-11-18(17)24-20-14-19(15-8-4-3-5-9-15)25-22(26-20)23-16-12-13-16/h3-11,14,16H,2,12-13H2,1H3,(H2,23,24,25,26). The molecule has 6 nitrogen and oxygen atoms in total. The van der Waals surface area contributed by atoms with E-state index >= 15 is 0 Å². The summed E-state index contributed by atoms with van der Waals surface area (Å²) in [7, 11) is 0. The van der Waals surface area contributed by atoms with E-state index in [1.807, 2.05) is 54.6 Å². The third kappa shape index (κ3) is 4.28. The van der Waals surface area contributed by atoms with E-state index in [1.54, 1.807) is 13.0 Å². The van der Waals surface area contributed by atoms with Gasteiger partial charge in [0.05, 0.1) is 23.6 Å². The van der Waals surface area contributed by atoms with Crippen molar-refractivity contribution in [1.29, 1.82) is 0 Å². The molecule has 1 heterocycles. The Labute approximate surface area is 164 Å². The third-order valence-corrected chi connectivity index (χ3v) is 4.39. The second-order valence-electron chi connectivity index (χ2n) is 6.64. The molecule has 1 saturated carbocycles. The molecular weight excluding hydrogens is 352 g/mol. The molecular formula is C22H22N4O2. The number of hydrogen-bond donors (Lipinski definition) is 2. The van der Waals surface area contributed by atoms with Gasteiger partial charge in [-0.15, -0.1) is 0 Å².